The van der Waals surface area contributed by atoms with Crippen molar-refractivity contribution in [3.05, 3.63) is 0 Å². The van der Waals surface area contributed by atoms with Crippen molar-refractivity contribution in [1.29, 1.82) is 0 Å². The van der Waals surface area contributed by atoms with Crippen LogP contribution >= 0.6 is 0 Å². The van der Waals surface area contributed by atoms with Crippen molar-refractivity contribution >= 4 is 5.97 Å². The summed E-state index contributed by atoms with van der Waals surface area (Å²) in [5, 5.41) is 9.63. The smallest absolute Gasteiger partial charge is 0.324 e. The van der Waals surface area contributed by atoms with Crippen molar-refractivity contribution in [3.8, 4) is 0 Å². The molecule has 1 saturated heterocycles. The summed E-state index contributed by atoms with van der Waals surface area (Å²) in [6.07, 6.45) is 3.57. The fourth-order valence-electron chi connectivity index (χ4n) is 3.32. The number of likely N-dealkylation sites (tertiary alicyclic amines) is 1. The monoisotopic (exact) mass is 257 g/mol. The summed E-state index contributed by atoms with van der Waals surface area (Å²) in [5.74, 6) is -0.840. The first-order valence-electron chi connectivity index (χ1n) is 6.57. The molecule has 0 amide bonds. The Bertz CT molecular complexity index is 321. The lowest BCUT2D eigenvalue weighted by Gasteiger charge is -2.56. The minimum absolute atomic E-state index is 0.468. The van der Waals surface area contributed by atoms with Gasteiger partial charge in [0.1, 0.15) is 5.54 Å². The predicted molar refractivity (Wildman–Crippen MR) is 66.3 cm³/mol. The van der Waals surface area contributed by atoms with Crippen LogP contribution in [0.3, 0.4) is 0 Å². The lowest BCUT2D eigenvalue weighted by atomic mass is 9.73. The van der Waals surface area contributed by atoms with Crippen LogP contribution in [0.4, 0.5) is 0 Å². The van der Waals surface area contributed by atoms with E-state index in [2.05, 4.69) is 6.92 Å². The molecule has 2 aliphatic rings. The number of methoxy groups -OCH3 is 2. The van der Waals surface area contributed by atoms with Crippen molar-refractivity contribution in [2.24, 2.45) is 5.92 Å². The molecule has 1 heterocycles. The first-order chi connectivity index (χ1) is 8.48. The minimum Gasteiger partial charge on any atom is -0.480 e. The van der Waals surface area contributed by atoms with Gasteiger partial charge in [0, 0.05) is 14.2 Å². The molecule has 0 aromatic heterocycles. The highest BCUT2D eigenvalue weighted by molar-refractivity contribution is 5.79. The number of nitrogens with zero attached hydrogens (tertiary/aromatic N) is 1. The highest BCUT2D eigenvalue weighted by Gasteiger charge is 2.56. The molecule has 0 aromatic carbocycles. The molecule has 0 bridgehead atoms. The zero-order chi connectivity index (χ0) is 13.4. The number of hydrogen-bond acceptors (Lipinski definition) is 4. The summed E-state index contributed by atoms with van der Waals surface area (Å²) in [6.45, 7) is 3.22. The van der Waals surface area contributed by atoms with Crippen molar-refractivity contribution < 1.29 is 19.4 Å². The molecule has 104 valence electrons. The summed E-state index contributed by atoms with van der Waals surface area (Å²) in [7, 11) is 3.22. The molecule has 0 radical (unpaired) electrons. The van der Waals surface area contributed by atoms with E-state index in [0.29, 0.717) is 19.0 Å². The van der Waals surface area contributed by atoms with E-state index >= 15 is 0 Å². The number of aliphatic carboxylic acids is 1. The van der Waals surface area contributed by atoms with Gasteiger partial charge in [-0.2, -0.15) is 0 Å². The summed E-state index contributed by atoms with van der Waals surface area (Å²) in [6, 6.07) is 0. The van der Waals surface area contributed by atoms with Gasteiger partial charge in [0.2, 0.25) is 0 Å². The van der Waals surface area contributed by atoms with Crippen LogP contribution in [0.2, 0.25) is 0 Å². The van der Waals surface area contributed by atoms with Crippen molar-refractivity contribution in [2.75, 3.05) is 27.3 Å². The second-order valence-electron chi connectivity index (χ2n) is 5.71. The first kappa shape index (κ1) is 13.8. The molecule has 1 aliphatic carbocycles. The second kappa shape index (κ2) is 4.79. The molecular weight excluding hydrogens is 234 g/mol. The lowest BCUT2D eigenvalue weighted by Crippen LogP contribution is -2.73. The summed E-state index contributed by atoms with van der Waals surface area (Å²) >= 11 is 0. The van der Waals surface area contributed by atoms with Gasteiger partial charge in [0.25, 0.3) is 0 Å². The lowest BCUT2D eigenvalue weighted by molar-refractivity contribution is -0.294. The molecule has 1 aliphatic heterocycles. The molecule has 2 atom stereocenters. The van der Waals surface area contributed by atoms with E-state index in [1.165, 1.54) is 0 Å². The predicted octanol–water partition coefficient (Wildman–Crippen LogP) is 1.32. The Hall–Kier alpha value is -0.650. The maximum absolute atomic E-state index is 11.7. The Morgan fingerprint density at radius 1 is 1.33 bits per heavy atom. The molecule has 2 fully saturated rings. The van der Waals surface area contributed by atoms with Gasteiger partial charge in [-0.3, -0.25) is 9.69 Å². The fourth-order valence-corrected chi connectivity index (χ4v) is 3.32. The fraction of sp³-hybridized carbons (Fsp3) is 0.923. The minimum atomic E-state index is -0.710. The molecule has 5 heteroatoms. The quantitative estimate of drug-likeness (QED) is 0.770. The average molecular weight is 257 g/mol. The average Bonchev–Trinajstić information content (AvgIpc) is 2.29. The Morgan fingerprint density at radius 3 is 2.39 bits per heavy atom. The standard InChI is InChI=1S/C13H23NO4/c1-10-5-4-6-12(7-10,11(15)16)14-8-13(9-14,17-2)18-3/h10H,4-9H2,1-3H3,(H,15,16). The number of carbonyl (C=O) groups is 1. The molecule has 0 aromatic rings. The van der Waals surface area contributed by atoms with E-state index < -0.39 is 17.3 Å². The van der Waals surface area contributed by atoms with Gasteiger partial charge in [-0.25, -0.2) is 0 Å². The van der Waals surface area contributed by atoms with Crippen molar-refractivity contribution in [2.45, 2.75) is 43.9 Å². The van der Waals surface area contributed by atoms with Crippen LogP contribution in [0, 0.1) is 5.92 Å². The number of carboxylic acids is 1. The summed E-state index contributed by atoms with van der Waals surface area (Å²) < 4.78 is 10.7. The van der Waals surface area contributed by atoms with Crippen LogP contribution in [0.1, 0.15) is 32.6 Å². The molecule has 1 N–H and O–H groups in total. The highest BCUT2D eigenvalue weighted by atomic mass is 16.7. The van der Waals surface area contributed by atoms with Gasteiger partial charge < -0.3 is 14.6 Å². The Labute approximate surface area is 108 Å². The molecule has 2 rings (SSSR count). The van der Waals surface area contributed by atoms with Gasteiger partial charge in [-0.15, -0.1) is 0 Å². The normalized spacial score (nSPS) is 36.1. The molecule has 1 saturated carbocycles. The summed E-state index contributed by atoms with van der Waals surface area (Å²) in [4.78, 5) is 13.7. The van der Waals surface area contributed by atoms with Gasteiger partial charge in [0.15, 0.2) is 5.79 Å². The number of carboxylic acid groups (broad SMARTS) is 1. The topological polar surface area (TPSA) is 59.0 Å². The molecule has 5 nitrogen and oxygen atoms in total. The van der Waals surface area contributed by atoms with E-state index in [-0.39, 0.29) is 0 Å². The summed E-state index contributed by atoms with van der Waals surface area (Å²) in [5.41, 5.74) is -0.710. The Kier molecular flexibility index (Phi) is 3.67. The van der Waals surface area contributed by atoms with E-state index in [1.807, 2.05) is 4.90 Å². The van der Waals surface area contributed by atoms with Crippen molar-refractivity contribution in [1.82, 2.24) is 4.90 Å². The third-order valence-electron chi connectivity index (χ3n) is 4.58. The van der Waals surface area contributed by atoms with Crippen LogP contribution in [0.25, 0.3) is 0 Å². The zero-order valence-corrected chi connectivity index (χ0v) is 11.4. The highest BCUT2D eigenvalue weighted by Crippen LogP contribution is 2.42. The van der Waals surface area contributed by atoms with E-state index in [0.717, 1.165) is 25.7 Å². The van der Waals surface area contributed by atoms with Gasteiger partial charge in [-0.05, 0) is 18.8 Å². The van der Waals surface area contributed by atoms with Gasteiger partial charge in [-0.1, -0.05) is 19.8 Å². The van der Waals surface area contributed by atoms with Crippen LogP contribution in [-0.2, 0) is 14.3 Å². The largest absolute Gasteiger partial charge is 0.480 e. The third-order valence-corrected chi connectivity index (χ3v) is 4.58. The number of rotatable bonds is 4. The number of hydrogen-bond donors (Lipinski definition) is 1. The molecule has 2 unspecified atom stereocenters. The maximum Gasteiger partial charge on any atom is 0.324 e. The number of ether oxygens (including phenoxy) is 2. The third kappa shape index (κ3) is 2.04. The van der Waals surface area contributed by atoms with E-state index in [4.69, 9.17) is 9.47 Å². The SMILES string of the molecule is COC1(OC)CN(C2(C(=O)O)CCCC(C)C2)C1. The maximum atomic E-state index is 11.7. The van der Waals surface area contributed by atoms with Gasteiger partial charge >= 0.3 is 5.97 Å². The van der Waals surface area contributed by atoms with Crippen molar-refractivity contribution in [3.63, 3.8) is 0 Å². The Morgan fingerprint density at radius 2 is 1.94 bits per heavy atom. The first-order valence-corrected chi connectivity index (χ1v) is 6.57. The van der Waals surface area contributed by atoms with E-state index in [1.54, 1.807) is 14.2 Å². The van der Waals surface area contributed by atoms with Crippen LogP contribution in [0.15, 0.2) is 0 Å². The molecule has 18 heavy (non-hydrogen) atoms. The molecule has 0 spiro atoms. The second-order valence-corrected chi connectivity index (χ2v) is 5.71. The van der Waals surface area contributed by atoms with Crippen LogP contribution in [-0.4, -0.2) is 54.6 Å². The Balaban J connectivity index is 2.11. The van der Waals surface area contributed by atoms with Crippen LogP contribution in [0.5, 0.6) is 0 Å². The van der Waals surface area contributed by atoms with Crippen LogP contribution < -0.4 is 0 Å². The van der Waals surface area contributed by atoms with E-state index in [9.17, 15) is 9.90 Å². The molecular formula is C13H23NO4. The zero-order valence-electron chi connectivity index (χ0n) is 11.4. The van der Waals surface area contributed by atoms with Gasteiger partial charge in [0.05, 0.1) is 13.1 Å².